The van der Waals surface area contributed by atoms with Crippen molar-refractivity contribution in [1.29, 1.82) is 0 Å². The van der Waals surface area contributed by atoms with Crippen molar-refractivity contribution in [2.45, 2.75) is 45.7 Å². The van der Waals surface area contributed by atoms with Gasteiger partial charge in [0.05, 0.1) is 6.42 Å². The molecular weight excluding hydrogens is 232 g/mol. The molecule has 18 heavy (non-hydrogen) atoms. The molecule has 1 aromatic rings. The topological polar surface area (TPSA) is 71.3 Å². The van der Waals surface area contributed by atoms with Crippen LogP contribution >= 0.6 is 0 Å². The molecule has 0 aliphatic carbocycles. The van der Waals surface area contributed by atoms with Crippen molar-refractivity contribution in [1.82, 2.24) is 9.88 Å². The van der Waals surface area contributed by atoms with Gasteiger partial charge in [-0.25, -0.2) is 0 Å². The molecule has 1 rings (SSSR count). The van der Waals surface area contributed by atoms with E-state index < -0.39 is 5.97 Å². The van der Waals surface area contributed by atoms with E-state index in [4.69, 9.17) is 5.11 Å². The van der Waals surface area contributed by atoms with Crippen LogP contribution in [0, 0.1) is 0 Å². The van der Waals surface area contributed by atoms with Crippen LogP contribution < -0.4 is 5.32 Å². The first-order valence-corrected chi connectivity index (χ1v) is 6.15. The third-order valence-corrected chi connectivity index (χ3v) is 2.82. The van der Waals surface area contributed by atoms with Crippen molar-refractivity contribution in [2.75, 3.05) is 0 Å². The minimum Gasteiger partial charge on any atom is -0.481 e. The molecule has 1 amide bonds. The second-order valence-corrected chi connectivity index (χ2v) is 4.57. The Morgan fingerprint density at radius 3 is 2.61 bits per heavy atom. The van der Waals surface area contributed by atoms with Crippen LogP contribution in [-0.2, 0) is 4.79 Å². The highest BCUT2D eigenvalue weighted by Crippen LogP contribution is 2.11. The van der Waals surface area contributed by atoms with Gasteiger partial charge in [0.1, 0.15) is 5.69 Å². The number of hydrogen-bond acceptors (Lipinski definition) is 2. The Morgan fingerprint density at radius 1 is 1.44 bits per heavy atom. The van der Waals surface area contributed by atoms with Gasteiger partial charge in [-0.05, 0) is 32.4 Å². The fraction of sp³-hybridized carbons (Fsp3) is 0.538. The second-order valence-electron chi connectivity index (χ2n) is 4.57. The van der Waals surface area contributed by atoms with Crippen LogP contribution in [0.25, 0.3) is 0 Å². The molecular formula is C13H20N2O3. The molecule has 0 radical (unpaired) electrons. The van der Waals surface area contributed by atoms with Crippen LogP contribution in [0.15, 0.2) is 18.3 Å². The lowest BCUT2D eigenvalue weighted by atomic mass is 10.1. The first-order valence-electron chi connectivity index (χ1n) is 6.15. The Morgan fingerprint density at radius 2 is 2.11 bits per heavy atom. The van der Waals surface area contributed by atoms with Gasteiger partial charge in [-0.1, -0.05) is 6.92 Å². The van der Waals surface area contributed by atoms with E-state index in [9.17, 15) is 9.59 Å². The third kappa shape index (κ3) is 3.61. The number of aromatic nitrogens is 1. The Labute approximate surface area is 107 Å². The molecule has 0 fully saturated rings. The van der Waals surface area contributed by atoms with Crippen LogP contribution in [0.2, 0.25) is 0 Å². The van der Waals surface area contributed by atoms with Gasteiger partial charge < -0.3 is 15.0 Å². The SMILES string of the molecule is CCC(CC(=O)O)NC(=O)c1cccn1C(C)C. The molecule has 0 aliphatic heterocycles. The van der Waals surface area contributed by atoms with Gasteiger partial charge in [0, 0.05) is 18.3 Å². The molecule has 0 aromatic carbocycles. The van der Waals surface area contributed by atoms with Gasteiger partial charge in [-0.3, -0.25) is 9.59 Å². The van der Waals surface area contributed by atoms with Gasteiger partial charge in [0.15, 0.2) is 0 Å². The van der Waals surface area contributed by atoms with Gasteiger partial charge >= 0.3 is 5.97 Å². The number of nitrogens with zero attached hydrogens (tertiary/aromatic N) is 1. The number of aliphatic carboxylic acids is 1. The average Bonchev–Trinajstić information content (AvgIpc) is 2.76. The van der Waals surface area contributed by atoms with Crippen molar-refractivity contribution in [2.24, 2.45) is 0 Å². The molecule has 1 aromatic heterocycles. The summed E-state index contributed by atoms with van der Waals surface area (Å²) in [5.74, 6) is -1.12. The maximum Gasteiger partial charge on any atom is 0.305 e. The van der Waals surface area contributed by atoms with E-state index in [1.807, 2.05) is 37.6 Å². The van der Waals surface area contributed by atoms with Crippen molar-refractivity contribution < 1.29 is 14.7 Å². The first-order chi connectivity index (χ1) is 8.45. The van der Waals surface area contributed by atoms with Gasteiger partial charge in [-0.15, -0.1) is 0 Å². The fourth-order valence-corrected chi connectivity index (χ4v) is 1.80. The van der Waals surface area contributed by atoms with Crippen LogP contribution in [0.5, 0.6) is 0 Å². The van der Waals surface area contributed by atoms with E-state index >= 15 is 0 Å². The van der Waals surface area contributed by atoms with Crippen molar-refractivity contribution in [3.63, 3.8) is 0 Å². The largest absolute Gasteiger partial charge is 0.481 e. The summed E-state index contributed by atoms with van der Waals surface area (Å²) in [4.78, 5) is 22.7. The normalized spacial score (nSPS) is 12.4. The molecule has 0 spiro atoms. The zero-order chi connectivity index (χ0) is 13.7. The van der Waals surface area contributed by atoms with E-state index in [0.717, 1.165) is 0 Å². The standard InChI is InChI=1S/C13H20N2O3/c1-4-10(8-12(16)17)14-13(18)11-6-5-7-15(11)9(2)3/h5-7,9-10H,4,8H2,1-3H3,(H,14,18)(H,16,17). The van der Waals surface area contributed by atoms with Crippen LogP contribution in [0.4, 0.5) is 0 Å². The smallest absolute Gasteiger partial charge is 0.305 e. The summed E-state index contributed by atoms with van der Waals surface area (Å²) in [6, 6.07) is 3.42. The summed E-state index contributed by atoms with van der Waals surface area (Å²) >= 11 is 0. The quantitative estimate of drug-likeness (QED) is 0.814. The zero-order valence-corrected chi connectivity index (χ0v) is 11.0. The van der Waals surface area contributed by atoms with Gasteiger partial charge in [0.25, 0.3) is 5.91 Å². The molecule has 1 heterocycles. The lowest BCUT2D eigenvalue weighted by Gasteiger charge is -2.17. The summed E-state index contributed by atoms with van der Waals surface area (Å²) in [6.07, 6.45) is 2.39. The third-order valence-electron chi connectivity index (χ3n) is 2.82. The Bertz CT molecular complexity index is 424. The highest BCUT2D eigenvalue weighted by Gasteiger charge is 2.18. The van der Waals surface area contributed by atoms with Gasteiger partial charge in [-0.2, -0.15) is 0 Å². The molecule has 0 bridgehead atoms. The fourth-order valence-electron chi connectivity index (χ4n) is 1.80. The maximum atomic E-state index is 12.1. The molecule has 100 valence electrons. The lowest BCUT2D eigenvalue weighted by molar-refractivity contribution is -0.137. The highest BCUT2D eigenvalue weighted by molar-refractivity contribution is 5.93. The van der Waals surface area contributed by atoms with Crippen molar-refractivity contribution in [3.8, 4) is 0 Å². The molecule has 0 saturated heterocycles. The van der Waals surface area contributed by atoms with E-state index in [0.29, 0.717) is 12.1 Å². The number of nitrogens with one attached hydrogen (secondary N) is 1. The van der Waals surface area contributed by atoms with Gasteiger partial charge in [0.2, 0.25) is 0 Å². The summed E-state index contributed by atoms with van der Waals surface area (Å²) in [7, 11) is 0. The molecule has 1 atom stereocenters. The Kier molecular flexibility index (Phi) is 4.95. The highest BCUT2D eigenvalue weighted by atomic mass is 16.4. The summed E-state index contributed by atoms with van der Waals surface area (Å²) in [5, 5.41) is 11.5. The minimum atomic E-state index is -0.901. The Balaban J connectivity index is 2.74. The van der Waals surface area contributed by atoms with E-state index in [1.54, 1.807) is 6.07 Å². The number of rotatable bonds is 6. The molecule has 1 unspecified atom stereocenters. The van der Waals surface area contributed by atoms with Crippen LogP contribution in [0.3, 0.4) is 0 Å². The number of hydrogen-bond donors (Lipinski definition) is 2. The van der Waals surface area contributed by atoms with E-state index in [1.165, 1.54) is 0 Å². The number of carbonyl (C=O) groups is 2. The predicted molar refractivity (Wildman–Crippen MR) is 68.6 cm³/mol. The number of amides is 1. The maximum absolute atomic E-state index is 12.1. The van der Waals surface area contributed by atoms with E-state index in [-0.39, 0.29) is 24.4 Å². The zero-order valence-electron chi connectivity index (χ0n) is 11.0. The summed E-state index contributed by atoms with van der Waals surface area (Å²) in [6.45, 7) is 5.84. The summed E-state index contributed by atoms with van der Waals surface area (Å²) < 4.78 is 1.86. The predicted octanol–water partition coefficient (Wildman–Crippen LogP) is 2.05. The second kappa shape index (κ2) is 6.23. The van der Waals surface area contributed by atoms with Crippen LogP contribution in [0.1, 0.15) is 50.1 Å². The molecule has 2 N–H and O–H groups in total. The first kappa shape index (κ1) is 14.3. The lowest BCUT2D eigenvalue weighted by Crippen LogP contribution is -2.37. The van der Waals surface area contributed by atoms with Crippen LogP contribution in [-0.4, -0.2) is 27.6 Å². The van der Waals surface area contributed by atoms with E-state index in [2.05, 4.69) is 5.32 Å². The molecule has 5 nitrogen and oxygen atoms in total. The number of carboxylic acids is 1. The minimum absolute atomic E-state index is 0.0510. The molecule has 0 aliphatic rings. The number of carboxylic acid groups (broad SMARTS) is 1. The van der Waals surface area contributed by atoms with Crippen molar-refractivity contribution >= 4 is 11.9 Å². The monoisotopic (exact) mass is 252 g/mol. The van der Waals surface area contributed by atoms with Crippen molar-refractivity contribution in [3.05, 3.63) is 24.0 Å². The summed E-state index contributed by atoms with van der Waals surface area (Å²) in [5.41, 5.74) is 0.564. The Hall–Kier alpha value is -1.78. The molecule has 5 heteroatoms. The average molecular weight is 252 g/mol. The molecule has 0 saturated carbocycles. The number of carbonyl (C=O) groups excluding carboxylic acids is 1.